The predicted octanol–water partition coefficient (Wildman–Crippen LogP) is 6.51. The number of esters is 1. The minimum atomic E-state index is -0.680. The van der Waals surface area contributed by atoms with E-state index < -0.39 is 24.1 Å². The molecule has 3 aromatic carbocycles. The molecule has 0 saturated carbocycles. The number of benzene rings is 3. The topological polar surface area (TPSA) is 103 Å². The number of carbonyl (C=O) groups excluding carboxylic acids is 3. The van der Waals surface area contributed by atoms with Gasteiger partial charge in [-0.1, -0.05) is 80.8 Å². The van der Waals surface area contributed by atoms with Gasteiger partial charge in [-0.3, -0.25) is 14.5 Å². The van der Waals surface area contributed by atoms with Crippen molar-refractivity contribution in [1.29, 1.82) is 0 Å². The average Bonchev–Trinajstić information content (AvgIpc) is 3.38. The molecule has 9 nitrogen and oxygen atoms in total. The molecule has 0 saturated heterocycles. The van der Waals surface area contributed by atoms with Crippen LogP contribution in [0.2, 0.25) is 0 Å². The lowest BCUT2D eigenvalue weighted by Gasteiger charge is -2.34. The van der Waals surface area contributed by atoms with Crippen molar-refractivity contribution < 1.29 is 33.3 Å². The maximum absolute atomic E-state index is 13.3. The van der Waals surface area contributed by atoms with E-state index in [1.807, 2.05) is 41.3 Å². The van der Waals surface area contributed by atoms with Gasteiger partial charge >= 0.3 is 12.1 Å². The standard InChI is InChI=1S/C37H46N2O7/c1-6-7-8-17-34(25(2)40)39(22-26-18-19-28(43-3)21-35(26)44-4)23-27(20-36(41)45-5)38-37(42)46-24-33-31-15-11-9-13-29(31)30-14-10-12-16-32(30)33/h9-16,18-19,21,27,33-34H,6-8,17,20,22-24H2,1-5H3,(H,38,42)/t27-,34-/m0/s1. The Morgan fingerprint density at radius 3 is 2.15 bits per heavy atom. The molecule has 0 unspecified atom stereocenters. The molecule has 0 fully saturated rings. The van der Waals surface area contributed by atoms with Crippen LogP contribution in [0.5, 0.6) is 11.5 Å². The Labute approximate surface area is 272 Å². The Morgan fingerprint density at radius 2 is 1.57 bits per heavy atom. The number of nitrogens with one attached hydrogen (secondary N) is 1. The SMILES string of the molecule is CCCCC[C@@H](C(C)=O)N(Cc1ccc(OC)cc1OC)C[C@H](CC(=O)OC)NC(=O)OCC1c2ccccc2-c2ccccc21. The minimum Gasteiger partial charge on any atom is -0.497 e. The molecule has 0 bridgehead atoms. The summed E-state index contributed by atoms with van der Waals surface area (Å²) in [5, 5.41) is 2.91. The molecule has 0 heterocycles. The summed E-state index contributed by atoms with van der Waals surface area (Å²) < 4.78 is 21.8. The highest BCUT2D eigenvalue weighted by molar-refractivity contribution is 5.81. The number of hydrogen-bond donors (Lipinski definition) is 1. The van der Waals surface area contributed by atoms with Crippen molar-refractivity contribution >= 4 is 17.8 Å². The highest BCUT2D eigenvalue weighted by Gasteiger charge is 2.31. The van der Waals surface area contributed by atoms with Crippen LogP contribution in [-0.2, 0) is 25.6 Å². The number of fused-ring (bicyclic) bond motifs is 3. The molecule has 4 rings (SSSR count). The molecule has 246 valence electrons. The van der Waals surface area contributed by atoms with E-state index in [9.17, 15) is 14.4 Å². The van der Waals surface area contributed by atoms with E-state index in [-0.39, 0.29) is 31.3 Å². The van der Waals surface area contributed by atoms with E-state index in [0.29, 0.717) is 24.5 Å². The van der Waals surface area contributed by atoms with Crippen molar-refractivity contribution in [3.8, 4) is 22.6 Å². The molecular formula is C37H46N2O7. The zero-order chi connectivity index (χ0) is 33.1. The maximum Gasteiger partial charge on any atom is 0.407 e. The fraction of sp³-hybridized carbons (Fsp3) is 0.432. The summed E-state index contributed by atoms with van der Waals surface area (Å²) in [5.41, 5.74) is 5.34. The fourth-order valence-electron chi connectivity index (χ4n) is 6.27. The summed E-state index contributed by atoms with van der Waals surface area (Å²) >= 11 is 0. The van der Waals surface area contributed by atoms with E-state index in [1.54, 1.807) is 27.2 Å². The van der Waals surface area contributed by atoms with E-state index >= 15 is 0 Å². The Bertz CT molecular complexity index is 1440. The Balaban J connectivity index is 1.55. The molecule has 0 aliphatic heterocycles. The molecule has 0 aromatic heterocycles. The quantitative estimate of drug-likeness (QED) is 0.133. The number of ketones is 1. The van der Waals surface area contributed by atoms with Gasteiger partial charge in [0.15, 0.2) is 0 Å². The van der Waals surface area contributed by atoms with Gasteiger partial charge in [0.2, 0.25) is 0 Å². The highest BCUT2D eigenvalue weighted by Crippen LogP contribution is 2.44. The highest BCUT2D eigenvalue weighted by atomic mass is 16.5. The molecular weight excluding hydrogens is 584 g/mol. The van der Waals surface area contributed by atoms with Gasteiger partial charge in [0, 0.05) is 30.6 Å². The second kappa shape index (κ2) is 16.8. The molecule has 9 heteroatoms. The van der Waals surface area contributed by atoms with E-state index in [0.717, 1.165) is 47.1 Å². The normalized spacial score (nSPS) is 13.3. The monoisotopic (exact) mass is 630 g/mol. The van der Waals surface area contributed by atoms with Gasteiger partial charge in [0.05, 0.1) is 39.8 Å². The van der Waals surface area contributed by atoms with Crippen LogP contribution in [0.15, 0.2) is 66.7 Å². The molecule has 1 N–H and O–H groups in total. The number of hydrogen-bond acceptors (Lipinski definition) is 8. The van der Waals surface area contributed by atoms with Crippen molar-refractivity contribution in [3.05, 3.63) is 83.4 Å². The zero-order valence-corrected chi connectivity index (χ0v) is 27.5. The Kier molecular flexibility index (Phi) is 12.6. The van der Waals surface area contributed by atoms with Crippen molar-refractivity contribution in [2.24, 2.45) is 0 Å². The van der Waals surface area contributed by atoms with Crippen LogP contribution in [-0.4, -0.2) is 69.3 Å². The molecule has 1 amide bonds. The summed E-state index contributed by atoms with van der Waals surface area (Å²) in [7, 11) is 4.49. The molecule has 1 aliphatic rings. The molecule has 0 radical (unpaired) electrons. The first-order valence-corrected chi connectivity index (χ1v) is 15.9. The van der Waals surface area contributed by atoms with Gasteiger partial charge < -0.3 is 24.3 Å². The summed E-state index contributed by atoms with van der Waals surface area (Å²) in [6.07, 6.45) is 2.81. The number of ether oxygens (including phenoxy) is 4. The first kappa shape index (κ1) is 34.5. The lowest BCUT2D eigenvalue weighted by atomic mass is 9.98. The van der Waals surface area contributed by atoms with Crippen molar-refractivity contribution in [1.82, 2.24) is 10.2 Å². The number of rotatable bonds is 17. The number of Topliss-reactive ketones (excluding diaryl/α,β-unsaturated/α-hetero) is 1. The van der Waals surface area contributed by atoms with Crippen LogP contribution in [0.1, 0.15) is 68.6 Å². The minimum absolute atomic E-state index is 0.0153. The zero-order valence-electron chi connectivity index (χ0n) is 27.5. The van der Waals surface area contributed by atoms with Crippen LogP contribution >= 0.6 is 0 Å². The van der Waals surface area contributed by atoms with Crippen LogP contribution in [0.25, 0.3) is 11.1 Å². The smallest absolute Gasteiger partial charge is 0.407 e. The van der Waals surface area contributed by atoms with Crippen molar-refractivity contribution in [2.45, 2.75) is 70.5 Å². The lowest BCUT2D eigenvalue weighted by molar-refractivity contribution is -0.141. The summed E-state index contributed by atoms with van der Waals surface area (Å²) in [6.45, 7) is 4.42. The number of amides is 1. The van der Waals surface area contributed by atoms with E-state index in [4.69, 9.17) is 18.9 Å². The van der Waals surface area contributed by atoms with Crippen LogP contribution in [0.4, 0.5) is 4.79 Å². The summed E-state index contributed by atoms with van der Waals surface area (Å²) in [6, 6.07) is 20.7. The maximum atomic E-state index is 13.3. The number of unbranched alkanes of at least 4 members (excludes halogenated alkanes) is 2. The molecule has 3 aromatic rings. The van der Waals surface area contributed by atoms with Crippen LogP contribution in [0.3, 0.4) is 0 Å². The number of alkyl carbamates (subject to hydrolysis) is 1. The van der Waals surface area contributed by atoms with E-state index in [1.165, 1.54) is 7.11 Å². The van der Waals surface area contributed by atoms with Gasteiger partial charge in [-0.05, 0) is 41.7 Å². The predicted molar refractivity (Wildman–Crippen MR) is 177 cm³/mol. The summed E-state index contributed by atoms with van der Waals surface area (Å²) in [4.78, 5) is 40.9. The van der Waals surface area contributed by atoms with Gasteiger partial charge in [-0.2, -0.15) is 0 Å². The van der Waals surface area contributed by atoms with Crippen molar-refractivity contribution in [3.63, 3.8) is 0 Å². The molecule has 0 spiro atoms. The van der Waals surface area contributed by atoms with Crippen molar-refractivity contribution in [2.75, 3.05) is 34.5 Å². The Hall–Kier alpha value is -4.37. The largest absolute Gasteiger partial charge is 0.497 e. The second-order valence-electron chi connectivity index (χ2n) is 11.7. The van der Waals surface area contributed by atoms with Crippen LogP contribution in [0, 0.1) is 0 Å². The first-order valence-electron chi connectivity index (χ1n) is 15.9. The first-order chi connectivity index (χ1) is 22.3. The second-order valence-corrected chi connectivity index (χ2v) is 11.7. The fourth-order valence-corrected chi connectivity index (χ4v) is 6.27. The molecule has 46 heavy (non-hydrogen) atoms. The van der Waals surface area contributed by atoms with Gasteiger partial charge in [0.25, 0.3) is 0 Å². The van der Waals surface area contributed by atoms with Gasteiger partial charge in [-0.25, -0.2) is 4.79 Å². The molecule has 1 aliphatic carbocycles. The third-order valence-corrected chi connectivity index (χ3v) is 8.62. The third-order valence-electron chi connectivity index (χ3n) is 8.62. The Morgan fingerprint density at radius 1 is 0.891 bits per heavy atom. The van der Waals surface area contributed by atoms with Gasteiger partial charge in [0.1, 0.15) is 23.9 Å². The third kappa shape index (κ3) is 8.66. The van der Waals surface area contributed by atoms with Crippen LogP contribution < -0.4 is 14.8 Å². The van der Waals surface area contributed by atoms with Gasteiger partial charge in [-0.15, -0.1) is 0 Å². The lowest BCUT2D eigenvalue weighted by Crippen LogP contribution is -2.50. The number of nitrogens with zero attached hydrogens (tertiary/aromatic N) is 1. The number of carbonyl (C=O) groups is 3. The summed E-state index contributed by atoms with van der Waals surface area (Å²) in [5.74, 6) is 0.711. The average molecular weight is 631 g/mol. The van der Waals surface area contributed by atoms with E-state index in [2.05, 4.69) is 36.5 Å². The number of methoxy groups -OCH3 is 3. The molecule has 2 atom stereocenters.